The Morgan fingerprint density at radius 2 is 1.75 bits per heavy atom. The van der Waals surface area contributed by atoms with Gasteiger partial charge in [0.25, 0.3) is 5.91 Å². The van der Waals surface area contributed by atoms with Crippen LogP contribution in [-0.4, -0.2) is 12.5 Å². The summed E-state index contributed by atoms with van der Waals surface area (Å²) in [4.78, 5) is 13.0. The smallest absolute Gasteiger partial charge is 0.251 e. The molecule has 0 heterocycles. The van der Waals surface area contributed by atoms with E-state index in [2.05, 4.69) is 17.4 Å². The average molecular weight is 285 g/mol. The SMILES string of the molecule is CCCNC(=O)c1ccc(CSc2ccccc2)cc1. The quantitative estimate of drug-likeness (QED) is 0.809. The molecule has 0 aromatic heterocycles. The Hall–Kier alpha value is -1.74. The van der Waals surface area contributed by atoms with Crippen molar-refractivity contribution >= 4 is 17.7 Å². The molecule has 0 aliphatic heterocycles. The van der Waals surface area contributed by atoms with Gasteiger partial charge in [0.2, 0.25) is 0 Å². The molecule has 0 spiro atoms. The molecule has 104 valence electrons. The predicted octanol–water partition coefficient (Wildman–Crippen LogP) is 4.12. The number of nitrogens with one attached hydrogen (secondary N) is 1. The van der Waals surface area contributed by atoms with Crippen LogP contribution >= 0.6 is 11.8 Å². The van der Waals surface area contributed by atoms with E-state index in [-0.39, 0.29) is 5.91 Å². The van der Waals surface area contributed by atoms with Crippen molar-refractivity contribution in [1.29, 1.82) is 0 Å². The van der Waals surface area contributed by atoms with Crippen molar-refractivity contribution in [2.24, 2.45) is 0 Å². The van der Waals surface area contributed by atoms with Gasteiger partial charge in [-0.25, -0.2) is 0 Å². The van der Waals surface area contributed by atoms with Crippen LogP contribution in [0.1, 0.15) is 29.3 Å². The molecule has 0 saturated heterocycles. The van der Waals surface area contributed by atoms with E-state index in [1.807, 2.05) is 49.4 Å². The summed E-state index contributed by atoms with van der Waals surface area (Å²) in [5.41, 5.74) is 1.96. The molecule has 1 amide bonds. The number of carbonyl (C=O) groups is 1. The maximum Gasteiger partial charge on any atom is 0.251 e. The first-order valence-corrected chi connectivity index (χ1v) is 7.83. The van der Waals surface area contributed by atoms with Gasteiger partial charge < -0.3 is 5.32 Å². The summed E-state index contributed by atoms with van der Waals surface area (Å²) in [6, 6.07) is 18.2. The Morgan fingerprint density at radius 3 is 2.40 bits per heavy atom. The van der Waals surface area contributed by atoms with Gasteiger partial charge in [0.05, 0.1) is 0 Å². The van der Waals surface area contributed by atoms with E-state index >= 15 is 0 Å². The van der Waals surface area contributed by atoms with Crippen LogP contribution in [0.4, 0.5) is 0 Å². The molecule has 1 N–H and O–H groups in total. The van der Waals surface area contributed by atoms with Crippen LogP contribution in [0.15, 0.2) is 59.5 Å². The highest BCUT2D eigenvalue weighted by molar-refractivity contribution is 7.98. The molecule has 2 aromatic rings. The predicted molar refractivity (Wildman–Crippen MR) is 85.1 cm³/mol. The highest BCUT2D eigenvalue weighted by Gasteiger charge is 2.04. The van der Waals surface area contributed by atoms with Gasteiger partial charge in [-0.1, -0.05) is 37.3 Å². The molecule has 0 atom stereocenters. The maximum atomic E-state index is 11.8. The van der Waals surface area contributed by atoms with E-state index in [0.29, 0.717) is 0 Å². The Kier molecular flexibility index (Phi) is 5.69. The molecule has 0 bridgehead atoms. The number of amides is 1. The highest BCUT2D eigenvalue weighted by Crippen LogP contribution is 2.22. The number of hydrogen-bond acceptors (Lipinski definition) is 2. The van der Waals surface area contributed by atoms with Crippen LogP contribution in [0.25, 0.3) is 0 Å². The second-order valence-corrected chi connectivity index (χ2v) is 5.60. The number of rotatable bonds is 6. The fourth-order valence-corrected chi connectivity index (χ4v) is 2.65. The van der Waals surface area contributed by atoms with E-state index < -0.39 is 0 Å². The number of hydrogen-bond donors (Lipinski definition) is 1. The van der Waals surface area contributed by atoms with Crippen LogP contribution in [0, 0.1) is 0 Å². The van der Waals surface area contributed by atoms with Crippen LogP contribution in [0.2, 0.25) is 0 Å². The molecule has 0 aliphatic rings. The van der Waals surface area contributed by atoms with Gasteiger partial charge >= 0.3 is 0 Å². The third-order valence-corrected chi connectivity index (χ3v) is 3.98. The third kappa shape index (κ3) is 4.42. The van der Waals surface area contributed by atoms with E-state index in [9.17, 15) is 4.79 Å². The second kappa shape index (κ2) is 7.75. The van der Waals surface area contributed by atoms with Gasteiger partial charge in [0.1, 0.15) is 0 Å². The first-order chi connectivity index (χ1) is 9.79. The minimum atomic E-state index is 0.00844. The molecular weight excluding hydrogens is 266 g/mol. The van der Waals surface area contributed by atoms with Crippen LogP contribution in [0.3, 0.4) is 0 Å². The number of benzene rings is 2. The van der Waals surface area contributed by atoms with E-state index in [0.717, 1.165) is 24.3 Å². The summed E-state index contributed by atoms with van der Waals surface area (Å²) in [7, 11) is 0. The maximum absolute atomic E-state index is 11.8. The minimum Gasteiger partial charge on any atom is -0.352 e. The van der Waals surface area contributed by atoms with Crippen molar-refractivity contribution < 1.29 is 4.79 Å². The first-order valence-electron chi connectivity index (χ1n) is 6.84. The first kappa shape index (κ1) is 14.7. The Bertz CT molecular complexity index is 537. The third-order valence-electron chi connectivity index (χ3n) is 2.90. The van der Waals surface area contributed by atoms with Gasteiger partial charge in [-0.15, -0.1) is 11.8 Å². The summed E-state index contributed by atoms with van der Waals surface area (Å²) in [6.45, 7) is 2.77. The summed E-state index contributed by atoms with van der Waals surface area (Å²) in [6.07, 6.45) is 0.956. The molecule has 0 aliphatic carbocycles. The second-order valence-electron chi connectivity index (χ2n) is 4.55. The zero-order chi connectivity index (χ0) is 14.2. The molecule has 20 heavy (non-hydrogen) atoms. The monoisotopic (exact) mass is 285 g/mol. The summed E-state index contributed by atoms with van der Waals surface area (Å²) < 4.78 is 0. The molecule has 0 fully saturated rings. The normalized spacial score (nSPS) is 10.2. The van der Waals surface area contributed by atoms with Crippen molar-refractivity contribution in [2.45, 2.75) is 24.0 Å². The van der Waals surface area contributed by atoms with Gasteiger partial charge in [-0.05, 0) is 36.2 Å². The topological polar surface area (TPSA) is 29.1 Å². The van der Waals surface area contributed by atoms with Crippen molar-refractivity contribution in [3.05, 3.63) is 65.7 Å². The molecule has 0 unspecified atom stereocenters. The molecule has 0 saturated carbocycles. The standard InChI is InChI=1S/C17H19NOS/c1-2-12-18-17(19)15-10-8-14(9-11-15)13-20-16-6-4-3-5-7-16/h3-11H,2,12-13H2,1H3,(H,18,19). The molecule has 2 aromatic carbocycles. The van der Waals surface area contributed by atoms with Crippen molar-refractivity contribution in [3.63, 3.8) is 0 Å². The number of thioether (sulfide) groups is 1. The lowest BCUT2D eigenvalue weighted by Crippen LogP contribution is -2.23. The Morgan fingerprint density at radius 1 is 1.05 bits per heavy atom. The molecule has 2 rings (SSSR count). The Balaban J connectivity index is 1.90. The lowest BCUT2D eigenvalue weighted by atomic mass is 10.1. The minimum absolute atomic E-state index is 0.00844. The molecule has 0 radical (unpaired) electrons. The average Bonchev–Trinajstić information content (AvgIpc) is 2.52. The van der Waals surface area contributed by atoms with Crippen molar-refractivity contribution in [3.8, 4) is 0 Å². The number of carbonyl (C=O) groups excluding carboxylic acids is 1. The summed E-state index contributed by atoms with van der Waals surface area (Å²) >= 11 is 1.80. The zero-order valence-corrected chi connectivity index (χ0v) is 12.5. The highest BCUT2D eigenvalue weighted by atomic mass is 32.2. The zero-order valence-electron chi connectivity index (χ0n) is 11.6. The fraction of sp³-hybridized carbons (Fsp3) is 0.235. The van der Waals surface area contributed by atoms with Gasteiger partial charge in [-0.3, -0.25) is 4.79 Å². The van der Waals surface area contributed by atoms with Crippen molar-refractivity contribution in [1.82, 2.24) is 5.32 Å². The van der Waals surface area contributed by atoms with Crippen LogP contribution in [0.5, 0.6) is 0 Å². The van der Waals surface area contributed by atoms with E-state index in [1.54, 1.807) is 11.8 Å². The molecule has 2 nitrogen and oxygen atoms in total. The summed E-state index contributed by atoms with van der Waals surface area (Å²) in [5, 5.41) is 2.88. The van der Waals surface area contributed by atoms with Gasteiger partial charge in [0, 0.05) is 22.8 Å². The van der Waals surface area contributed by atoms with Crippen LogP contribution < -0.4 is 5.32 Å². The van der Waals surface area contributed by atoms with E-state index in [4.69, 9.17) is 0 Å². The van der Waals surface area contributed by atoms with Crippen molar-refractivity contribution in [2.75, 3.05) is 6.54 Å². The molecule has 3 heteroatoms. The summed E-state index contributed by atoms with van der Waals surface area (Å²) in [5.74, 6) is 0.926. The van der Waals surface area contributed by atoms with Gasteiger partial charge in [0.15, 0.2) is 0 Å². The fourth-order valence-electron chi connectivity index (χ4n) is 1.78. The Labute approximate surface area is 124 Å². The lowest BCUT2D eigenvalue weighted by molar-refractivity contribution is 0.0953. The van der Waals surface area contributed by atoms with Gasteiger partial charge in [-0.2, -0.15) is 0 Å². The lowest BCUT2D eigenvalue weighted by Gasteiger charge is -2.05. The van der Waals surface area contributed by atoms with E-state index in [1.165, 1.54) is 10.5 Å². The van der Waals surface area contributed by atoms with Crippen LogP contribution in [-0.2, 0) is 5.75 Å². The largest absolute Gasteiger partial charge is 0.352 e. The molecular formula is C17H19NOS.